The quantitative estimate of drug-likeness (QED) is 0.569. The number of fused-ring (bicyclic) bond motifs is 3. The van der Waals surface area contributed by atoms with Gasteiger partial charge in [-0.2, -0.15) is 4.98 Å². The number of nitrogens with one attached hydrogen (secondary N) is 2. The summed E-state index contributed by atoms with van der Waals surface area (Å²) in [5.41, 5.74) is 3.05. The molecule has 3 aromatic heterocycles. The normalized spacial score (nSPS) is 19.3. The first kappa shape index (κ1) is 22.5. The van der Waals surface area contributed by atoms with Crippen LogP contribution in [0.15, 0.2) is 42.5 Å². The monoisotopic (exact) mass is 486 g/mol. The van der Waals surface area contributed by atoms with E-state index >= 15 is 0 Å². The van der Waals surface area contributed by atoms with Crippen LogP contribution in [0.3, 0.4) is 0 Å². The second-order valence-electron chi connectivity index (χ2n) is 10.1. The highest BCUT2D eigenvalue weighted by atomic mass is 16.2. The van der Waals surface area contributed by atoms with Crippen LogP contribution in [-0.2, 0) is 0 Å². The summed E-state index contributed by atoms with van der Waals surface area (Å²) in [5, 5.41) is 7.41. The van der Waals surface area contributed by atoms with Crippen LogP contribution in [0.1, 0.15) is 65.4 Å². The molecule has 5 heterocycles. The van der Waals surface area contributed by atoms with E-state index in [1.807, 2.05) is 12.3 Å². The molecular formula is C26H30N8O2. The standard InChI is InChI=1S/C26H30N8O2/c1-32(2)25(36)21-11-17-13-28-26(31-23(17)34(21)20-5-3-4-6-20)30-22-10-7-16(12-27-22)24(35)33-14-18-8-9-19(15-33)29-18/h7,10-14,19-20,29H,3-6,8-9,15H2,1-2H3,(H,27,28,30,31). The Morgan fingerprint density at radius 2 is 1.94 bits per heavy atom. The maximum atomic E-state index is 12.9. The Morgan fingerprint density at radius 1 is 1.11 bits per heavy atom. The minimum atomic E-state index is -0.0508. The third-order valence-electron chi connectivity index (χ3n) is 7.28. The summed E-state index contributed by atoms with van der Waals surface area (Å²) in [4.78, 5) is 42.9. The zero-order valence-electron chi connectivity index (χ0n) is 20.6. The number of nitrogens with zero attached hydrogens (tertiary/aromatic N) is 6. The van der Waals surface area contributed by atoms with Gasteiger partial charge in [-0.3, -0.25) is 9.59 Å². The van der Waals surface area contributed by atoms with E-state index in [0.717, 1.165) is 55.3 Å². The molecule has 0 aromatic carbocycles. The molecule has 1 saturated heterocycles. The maximum Gasteiger partial charge on any atom is 0.270 e. The van der Waals surface area contributed by atoms with Crippen molar-refractivity contribution < 1.29 is 9.59 Å². The van der Waals surface area contributed by atoms with Gasteiger partial charge in [0.1, 0.15) is 17.2 Å². The molecule has 3 aliphatic rings. The third-order valence-corrected chi connectivity index (χ3v) is 7.28. The SMILES string of the molecule is CN(C)C(=O)c1cc2cnc(Nc3ccc(C(=O)N4C=C5CCC(C4)N5)cn3)nc2n1C1CCCC1. The molecule has 1 atom stereocenters. The van der Waals surface area contributed by atoms with Crippen LogP contribution in [0.4, 0.5) is 11.8 Å². The molecule has 2 aliphatic heterocycles. The lowest BCUT2D eigenvalue weighted by molar-refractivity contribution is 0.0801. The van der Waals surface area contributed by atoms with Crippen LogP contribution < -0.4 is 10.6 Å². The van der Waals surface area contributed by atoms with Crippen molar-refractivity contribution in [2.24, 2.45) is 0 Å². The van der Waals surface area contributed by atoms with E-state index in [-0.39, 0.29) is 17.9 Å². The number of pyridine rings is 1. The van der Waals surface area contributed by atoms with Gasteiger partial charge in [-0.05, 0) is 43.9 Å². The minimum absolute atomic E-state index is 0.0375. The lowest BCUT2D eigenvalue weighted by Gasteiger charge is -2.27. The van der Waals surface area contributed by atoms with E-state index in [9.17, 15) is 9.59 Å². The number of anilines is 2. The number of carbonyl (C=O) groups excluding carboxylic acids is 2. The summed E-state index contributed by atoms with van der Waals surface area (Å²) in [7, 11) is 3.53. The summed E-state index contributed by atoms with van der Waals surface area (Å²) in [5.74, 6) is 0.862. The zero-order chi connectivity index (χ0) is 24.8. The summed E-state index contributed by atoms with van der Waals surface area (Å²) < 4.78 is 2.09. The van der Waals surface area contributed by atoms with Crippen molar-refractivity contribution in [2.45, 2.75) is 50.6 Å². The molecule has 1 unspecified atom stereocenters. The zero-order valence-corrected chi connectivity index (χ0v) is 20.6. The number of hydrogen-bond acceptors (Lipinski definition) is 7. The third kappa shape index (κ3) is 4.06. The van der Waals surface area contributed by atoms with Crippen molar-refractivity contribution in [1.82, 2.24) is 34.6 Å². The molecule has 3 aromatic rings. The molecule has 0 radical (unpaired) electrons. The number of allylic oxidation sites excluding steroid dienone is 1. The first-order chi connectivity index (χ1) is 17.5. The lowest BCUT2D eigenvalue weighted by atomic mass is 10.2. The number of hydrogen-bond donors (Lipinski definition) is 2. The van der Waals surface area contributed by atoms with Gasteiger partial charge in [0.25, 0.3) is 11.8 Å². The molecule has 0 spiro atoms. The van der Waals surface area contributed by atoms with Crippen molar-refractivity contribution in [3.8, 4) is 0 Å². The van der Waals surface area contributed by atoms with Crippen molar-refractivity contribution in [1.29, 1.82) is 0 Å². The fraction of sp³-hybridized carbons (Fsp3) is 0.423. The van der Waals surface area contributed by atoms with Gasteiger partial charge in [-0.25, -0.2) is 9.97 Å². The average Bonchev–Trinajstić information content (AvgIpc) is 3.61. The van der Waals surface area contributed by atoms with Crippen molar-refractivity contribution in [3.05, 3.63) is 53.7 Å². The molecule has 6 rings (SSSR count). The van der Waals surface area contributed by atoms with Crippen LogP contribution in [0.25, 0.3) is 11.0 Å². The fourth-order valence-corrected chi connectivity index (χ4v) is 5.46. The Balaban J connectivity index is 1.25. The van der Waals surface area contributed by atoms with Crippen LogP contribution in [0, 0.1) is 0 Å². The molecule has 2 N–H and O–H groups in total. The highest BCUT2D eigenvalue weighted by molar-refractivity contribution is 5.98. The van der Waals surface area contributed by atoms with Gasteiger partial charge in [0.15, 0.2) is 0 Å². The lowest BCUT2D eigenvalue weighted by Crippen LogP contribution is -2.41. The molecule has 1 aliphatic carbocycles. The number of carbonyl (C=O) groups is 2. The molecule has 10 heteroatoms. The average molecular weight is 487 g/mol. The topological polar surface area (TPSA) is 108 Å². The van der Waals surface area contributed by atoms with E-state index in [4.69, 9.17) is 4.98 Å². The first-order valence-electron chi connectivity index (χ1n) is 12.6. The molecule has 10 nitrogen and oxygen atoms in total. The van der Waals surface area contributed by atoms with Crippen molar-refractivity contribution in [3.63, 3.8) is 0 Å². The molecule has 1 saturated carbocycles. The summed E-state index contributed by atoms with van der Waals surface area (Å²) >= 11 is 0. The Bertz CT molecular complexity index is 1350. The Kier molecular flexibility index (Phi) is 5.58. The second-order valence-corrected chi connectivity index (χ2v) is 10.1. The van der Waals surface area contributed by atoms with E-state index < -0.39 is 0 Å². The Labute approximate surface area is 209 Å². The molecule has 186 valence electrons. The largest absolute Gasteiger partial charge is 0.383 e. The predicted octanol–water partition coefficient (Wildman–Crippen LogP) is 3.44. The first-order valence-corrected chi connectivity index (χ1v) is 12.6. The van der Waals surface area contributed by atoms with Gasteiger partial charge in [-0.15, -0.1) is 0 Å². The summed E-state index contributed by atoms with van der Waals surface area (Å²) in [6.45, 7) is 0.676. The van der Waals surface area contributed by atoms with Crippen LogP contribution in [-0.4, -0.2) is 67.8 Å². The molecular weight excluding hydrogens is 456 g/mol. The Morgan fingerprint density at radius 3 is 2.67 bits per heavy atom. The van der Waals surface area contributed by atoms with Crippen molar-refractivity contribution in [2.75, 3.05) is 26.0 Å². The van der Waals surface area contributed by atoms with Gasteiger partial charge in [-0.1, -0.05) is 12.8 Å². The van der Waals surface area contributed by atoms with Crippen LogP contribution >= 0.6 is 0 Å². The molecule has 2 fully saturated rings. The van der Waals surface area contributed by atoms with Crippen LogP contribution in [0.2, 0.25) is 0 Å². The van der Waals surface area contributed by atoms with E-state index in [0.29, 0.717) is 35.6 Å². The smallest absolute Gasteiger partial charge is 0.270 e. The molecule has 36 heavy (non-hydrogen) atoms. The van der Waals surface area contributed by atoms with Gasteiger partial charge in [0.2, 0.25) is 5.95 Å². The predicted molar refractivity (Wildman–Crippen MR) is 136 cm³/mol. The summed E-state index contributed by atoms with van der Waals surface area (Å²) in [6.07, 6.45) is 11.7. The Hall–Kier alpha value is -3.95. The van der Waals surface area contributed by atoms with E-state index in [1.165, 1.54) is 0 Å². The minimum Gasteiger partial charge on any atom is -0.383 e. The maximum absolute atomic E-state index is 12.9. The van der Waals surface area contributed by atoms with E-state index in [2.05, 4.69) is 25.2 Å². The highest BCUT2D eigenvalue weighted by Crippen LogP contribution is 2.35. The van der Waals surface area contributed by atoms with Crippen molar-refractivity contribution >= 4 is 34.6 Å². The number of amides is 2. The number of aromatic nitrogens is 4. The van der Waals surface area contributed by atoms with Gasteiger partial charge in [0, 0.05) is 62.4 Å². The number of rotatable bonds is 5. The van der Waals surface area contributed by atoms with Gasteiger partial charge < -0.3 is 25.0 Å². The summed E-state index contributed by atoms with van der Waals surface area (Å²) in [6, 6.07) is 6.01. The fourth-order valence-electron chi connectivity index (χ4n) is 5.46. The second kappa shape index (κ2) is 8.92. The van der Waals surface area contributed by atoms with Gasteiger partial charge in [0.05, 0.1) is 5.56 Å². The van der Waals surface area contributed by atoms with Gasteiger partial charge >= 0.3 is 0 Å². The molecule has 2 bridgehead atoms. The van der Waals surface area contributed by atoms with Crippen LogP contribution in [0.5, 0.6) is 0 Å². The molecule has 2 amide bonds. The van der Waals surface area contributed by atoms with E-state index in [1.54, 1.807) is 48.4 Å². The highest BCUT2D eigenvalue weighted by Gasteiger charge is 2.29.